The van der Waals surface area contributed by atoms with Crippen molar-refractivity contribution < 1.29 is 14.7 Å². The van der Waals surface area contributed by atoms with Crippen molar-refractivity contribution in [3.05, 3.63) is 40.8 Å². The van der Waals surface area contributed by atoms with Crippen LogP contribution in [0.1, 0.15) is 67.8 Å². The molecule has 0 aliphatic heterocycles. The molecular weight excluding hydrogens is 406 g/mol. The monoisotopic (exact) mass is 439 g/mol. The first kappa shape index (κ1) is 25.1. The van der Waals surface area contributed by atoms with E-state index in [9.17, 15) is 14.7 Å². The van der Waals surface area contributed by atoms with E-state index in [2.05, 4.69) is 35.8 Å². The smallest absolute Gasteiger partial charge is 0.269 e. The summed E-state index contributed by atoms with van der Waals surface area (Å²) in [6, 6.07) is 3.52. The predicted octanol–water partition coefficient (Wildman–Crippen LogP) is 2.10. The Labute approximate surface area is 189 Å². The summed E-state index contributed by atoms with van der Waals surface area (Å²) in [5, 5.41) is 14.5. The van der Waals surface area contributed by atoms with Crippen molar-refractivity contribution in [2.24, 2.45) is 11.1 Å². The second kappa shape index (κ2) is 10.9. The van der Waals surface area contributed by atoms with Crippen molar-refractivity contribution in [3.63, 3.8) is 0 Å². The van der Waals surface area contributed by atoms with Crippen LogP contribution >= 0.6 is 0 Å². The van der Waals surface area contributed by atoms with Gasteiger partial charge in [0, 0.05) is 37.3 Å². The summed E-state index contributed by atoms with van der Waals surface area (Å²) in [5.74, 6) is 5.75. The molecule has 172 valence electrons. The number of rotatable bonds is 6. The van der Waals surface area contributed by atoms with Crippen LogP contribution in [0.5, 0.6) is 0 Å². The molecule has 0 radical (unpaired) electrons. The van der Waals surface area contributed by atoms with Gasteiger partial charge in [0.25, 0.3) is 5.91 Å². The number of carbonyl (C=O) groups excluding carboxylic acids is 2. The van der Waals surface area contributed by atoms with Gasteiger partial charge in [-0.25, -0.2) is 9.67 Å². The quantitative estimate of drug-likeness (QED) is 0.528. The Morgan fingerprint density at radius 2 is 2.16 bits per heavy atom. The molecule has 1 unspecified atom stereocenters. The van der Waals surface area contributed by atoms with Crippen LogP contribution in [0.3, 0.4) is 0 Å². The summed E-state index contributed by atoms with van der Waals surface area (Å²) >= 11 is 0. The average Bonchev–Trinajstić information content (AvgIpc) is 3.15. The third kappa shape index (κ3) is 6.17. The first-order valence-electron chi connectivity index (χ1n) is 10.9. The van der Waals surface area contributed by atoms with Gasteiger partial charge < -0.3 is 15.7 Å². The number of amides is 2. The lowest BCUT2D eigenvalue weighted by Gasteiger charge is -2.30. The molecule has 0 saturated heterocycles. The topological polar surface area (TPSA) is 114 Å². The largest absolute Gasteiger partial charge is 0.380 e. The van der Waals surface area contributed by atoms with Crippen molar-refractivity contribution in [1.82, 2.24) is 19.7 Å². The van der Waals surface area contributed by atoms with Crippen LogP contribution < -0.4 is 5.73 Å². The van der Waals surface area contributed by atoms with Gasteiger partial charge in [0.05, 0.1) is 5.69 Å². The van der Waals surface area contributed by atoms with Crippen LogP contribution in [0.2, 0.25) is 0 Å². The lowest BCUT2D eigenvalue weighted by atomic mass is 9.76. The van der Waals surface area contributed by atoms with Gasteiger partial charge in [-0.05, 0) is 36.8 Å². The molecule has 2 aromatic heterocycles. The molecule has 2 aromatic rings. The maximum Gasteiger partial charge on any atom is 0.269 e. The van der Waals surface area contributed by atoms with E-state index in [4.69, 9.17) is 5.73 Å². The third-order valence-electron chi connectivity index (χ3n) is 5.30. The van der Waals surface area contributed by atoms with Gasteiger partial charge in [-0.2, -0.15) is 5.10 Å². The number of aliphatic hydroxyl groups is 1. The van der Waals surface area contributed by atoms with E-state index < -0.39 is 12.0 Å². The minimum absolute atomic E-state index is 0.0932. The predicted molar refractivity (Wildman–Crippen MR) is 123 cm³/mol. The molecule has 32 heavy (non-hydrogen) atoms. The van der Waals surface area contributed by atoms with Gasteiger partial charge in [-0.15, -0.1) is 0 Å². The van der Waals surface area contributed by atoms with Crippen molar-refractivity contribution in [3.8, 4) is 17.7 Å². The molecule has 1 atom stereocenters. The third-order valence-corrected chi connectivity index (χ3v) is 5.30. The summed E-state index contributed by atoms with van der Waals surface area (Å²) in [6.45, 7) is 8.80. The molecule has 1 aliphatic rings. The molecule has 3 rings (SSSR count). The van der Waals surface area contributed by atoms with Crippen LogP contribution in [-0.2, 0) is 17.6 Å². The molecule has 3 N–H and O–H groups in total. The summed E-state index contributed by atoms with van der Waals surface area (Å²) in [6.07, 6.45) is 4.33. The zero-order valence-electron chi connectivity index (χ0n) is 19.6. The van der Waals surface area contributed by atoms with E-state index in [1.807, 2.05) is 13.8 Å². The lowest BCUT2D eigenvalue weighted by molar-refractivity contribution is -0.117. The fourth-order valence-corrected chi connectivity index (χ4v) is 3.55. The Morgan fingerprint density at radius 3 is 2.81 bits per heavy atom. The zero-order chi connectivity index (χ0) is 23.9. The fourth-order valence-electron chi connectivity index (χ4n) is 3.55. The molecule has 8 heteroatoms. The highest BCUT2D eigenvalue weighted by atomic mass is 16.3. The Balaban J connectivity index is 0.00000176. The molecule has 8 nitrogen and oxygen atoms in total. The van der Waals surface area contributed by atoms with Gasteiger partial charge in [-0.3, -0.25) is 9.59 Å². The number of pyridine rings is 1. The van der Waals surface area contributed by atoms with Gasteiger partial charge in [-0.1, -0.05) is 39.5 Å². The van der Waals surface area contributed by atoms with Crippen LogP contribution in [0.25, 0.3) is 5.82 Å². The van der Waals surface area contributed by atoms with Crippen molar-refractivity contribution >= 4 is 12.3 Å². The second-order valence-corrected chi connectivity index (χ2v) is 8.45. The highest BCUT2D eigenvalue weighted by molar-refractivity contribution is 5.92. The molecule has 0 aromatic carbocycles. The molecule has 0 spiro atoms. The van der Waals surface area contributed by atoms with Crippen LogP contribution in [0, 0.1) is 17.3 Å². The van der Waals surface area contributed by atoms with Crippen molar-refractivity contribution in [2.75, 3.05) is 13.6 Å². The highest BCUT2D eigenvalue weighted by Crippen LogP contribution is 2.36. The lowest BCUT2D eigenvalue weighted by Crippen LogP contribution is -2.24. The van der Waals surface area contributed by atoms with E-state index in [1.165, 1.54) is 4.90 Å². The van der Waals surface area contributed by atoms with E-state index in [-0.39, 0.29) is 5.41 Å². The van der Waals surface area contributed by atoms with Crippen molar-refractivity contribution in [1.29, 1.82) is 0 Å². The molecular formula is C24H33N5O3. The van der Waals surface area contributed by atoms with E-state index >= 15 is 0 Å². The molecule has 0 saturated carbocycles. The summed E-state index contributed by atoms with van der Waals surface area (Å²) < 4.78 is 1.69. The summed E-state index contributed by atoms with van der Waals surface area (Å²) in [5.41, 5.74) is 8.47. The SMILES string of the molecule is CC.CN(C=O)CCC(O)C#Cc1ccnc(-n2nc(C(N)=O)c3c2CC(C)(C)CC3)c1. The molecule has 0 bridgehead atoms. The number of primary amides is 1. The van der Waals surface area contributed by atoms with E-state index in [0.29, 0.717) is 36.5 Å². The first-order valence-corrected chi connectivity index (χ1v) is 10.9. The average molecular weight is 440 g/mol. The maximum absolute atomic E-state index is 11.9. The number of hydrogen-bond acceptors (Lipinski definition) is 5. The minimum Gasteiger partial charge on any atom is -0.380 e. The maximum atomic E-state index is 11.9. The standard InChI is InChI=1S/C22H27N5O3.C2H6/c1-22(2)9-6-17-18(13-22)27(25-20(17)21(23)30)19-12-15(7-10-24-19)4-5-16(29)8-11-26(3)14-28;1-2/h7,10,12,14,16,29H,6,8-9,11,13H2,1-3H3,(H2,23,30);1-2H3. The number of fused-ring (bicyclic) bond motifs is 1. The summed E-state index contributed by atoms with van der Waals surface area (Å²) in [7, 11) is 1.65. The van der Waals surface area contributed by atoms with Gasteiger partial charge >= 0.3 is 0 Å². The number of aliphatic hydroxyl groups excluding tert-OH is 1. The molecule has 2 heterocycles. The first-order chi connectivity index (χ1) is 15.2. The van der Waals surface area contributed by atoms with Crippen LogP contribution in [0.15, 0.2) is 18.3 Å². The fraction of sp³-hybridized carbons (Fsp3) is 0.500. The number of aromatic nitrogens is 3. The number of nitrogens with zero attached hydrogens (tertiary/aromatic N) is 4. The highest BCUT2D eigenvalue weighted by Gasteiger charge is 2.32. The Morgan fingerprint density at radius 1 is 1.44 bits per heavy atom. The Hall–Kier alpha value is -3.18. The van der Waals surface area contributed by atoms with Gasteiger partial charge in [0.2, 0.25) is 6.41 Å². The molecule has 1 aliphatic carbocycles. The number of carbonyl (C=O) groups is 2. The van der Waals surface area contributed by atoms with E-state index in [0.717, 1.165) is 30.5 Å². The van der Waals surface area contributed by atoms with Gasteiger partial charge in [0.1, 0.15) is 6.10 Å². The normalized spacial score (nSPS) is 14.7. The second-order valence-electron chi connectivity index (χ2n) is 8.45. The van der Waals surface area contributed by atoms with Crippen molar-refractivity contribution in [2.45, 2.75) is 59.5 Å². The van der Waals surface area contributed by atoms with Gasteiger partial charge in [0.15, 0.2) is 11.5 Å². The minimum atomic E-state index is -0.844. The van der Waals surface area contributed by atoms with Crippen LogP contribution in [0.4, 0.5) is 0 Å². The molecule has 2 amide bonds. The van der Waals surface area contributed by atoms with E-state index in [1.54, 1.807) is 30.1 Å². The molecule has 0 fully saturated rings. The summed E-state index contributed by atoms with van der Waals surface area (Å²) in [4.78, 5) is 28.4. The number of nitrogens with two attached hydrogens (primary N) is 1. The number of hydrogen-bond donors (Lipinski definition) is 2. The Kier molecular flexibility index (Phi) is 8.56. The zero-order valence-corrected chi connectivity index (χ0v) is 19.6. The van der Waals surface area contributed by atoms with Crippen LogP contribution in [-0.4, -0.2) is 56.8 Å². The Bertz CT molecular complexity index is 1020.